The molecule has 2 heterocycles. The minimum atomic E-state index is -0.595. The van der Waals surface area contributed by atoms with Gasteiger partial charge in [-0.15, -0.1) is 21.8 Å². The van der Waals surface area contributed by atoms with Gasteiger partial charge in [-0.25, -0.2) is 0 Å². The van der Waals surface area contributed by atoms with Crippen LogP contribution in [-0.2, 0) is 9.59 Å². The number of alkyl halides is 1. The van der Waals surface area contributed by atoms with Gasteiger partial charge in [-0.2, -0.15) is 0 Å². The summed E-state index contributed by atoms with van der Waals surface area (Å²) < 4.78 is 0. The minimum absolute atomic E-state index is 0.0346. The molecule has 0 bridgehead atoms. The number of hydrogen-bond donors (Lipinski definition) is 0. The standard InChI is InChI=1S/C22H27ClN4O2S/c1-16-13-26(11-12-27(16)21(29)22(2,3)15-23)20(28)14-30-19-10-9-18(24-25-19)17-7-5-4-6-8-17/h4-10,16H,11-15H2,1-3H3. The Kier molecular flexibility index (Phi) is 7.36. The Hall–Kier alpha value is -2.12. The molecule has 1 saturated heterocycles. The van der Waals surface area contributed by atoms with Crippen LogP contribution in [0.1, 0.15) is 20.8 Å². The number of benzene rings is 1. The number of aromatic nitrogens is 2. The van der Waals surface area contributed by atoms with Crippen LogP contribution in [0.3, 0.4) is 0 Å². The molecule has 1 aromatic heterocycles. The van der Waals surface area contributed by atoms with Gasteiger partial charge < -0.3 is 9.80 Å². The van der Waals surface area contributed by atoms with E-state index in [1.54, 1.807) is 0 Å². The lowest BCUT2D eigenvalue weighted by atomic mass is 9.93. The molecule has 8 heteroatoms. The van der Waals surface area contributed by atoms with E-state index in [-0.39, 0.29) is 23.7 Å². The fraction of sp³-hybridized carbons (Fsp3) is 0.455. The van der Waals surface area contributed by atoms with Crippen molar-refractivity contribution in [2.24, 2.45) is 5.41 Å². The topological polar surface area (TPSA) is 66.4 Å². The van der Waals surface area contributed by atoms with Gasteiger partial charge in [0.25, 0.3) is 0 Å². The Bertz CT molecular complexity index is 876. The highest BCUT2D eigenvalue weighted by atomic mass is 35.5. The quantitative estimate of drug-likeness (QED) is 0.501. The average Bonchev–Trinajstić information content (AvgIpc) is 2.77. The summed E-state index contributed by atoms with van der Waals surface area (Å²) in [5.41, 5.74) is 1.22. The summed E-state index contributed by atoms with van der Waals surface area (Å²) >= 11 is 7.33. The van der Waals surface area contributed by atoms with Crippen LogP contribution in [0.5, 0.6) is 0 Å². The van der Waals surface area contributed by atoms with Crippen molar-refractivity contribution in [2.45, 2.75) is 31.8 Å². The fourth-order valence-corrected chi connectivity index (χ4v) is 4.15. The zero-order chi connectivity index (χ0) is 21.7. The highest BCUT2D eigenvalue weighted by molar-refractivity contribution is 7.99. The molecule has 30 heavy (non-hydrogen) atoms. The van der Waals surface area contributed by atoms with Gasteiger partial charge in [-0.05, 0) is 32.9 Å². The molecule has 0 aliphatic carbocycles. The Balaban J connectivity index is 1.52. The number of carbonyl (C=O) groups excluding carboxylic acids is 2. The Labute approximate surface area is 187 Å². The van der Waals surface area contributed by atoms with Gasteiger partial charge in [0.05, 0.1) is 16.9 Å². The maximum Gasteiger partial charge on any atom is 0.233 e. The first-order valence-corrected chi connectivity index (χ1v) is 11.5. The van der Waals surface area contributed by atoms with Gasteiger partial charge in [0.2, 0.25) is 11.8 Å². The molecule has 0 spiro atoms. The molecule has 1 atom stereocenters. The van der Waals surface area contributed by atoms with Crippen LogP contribution in [0.15, 0.2) is 47.5 Å². The zero-order valence-electron chi connectivity index (χ0n) is 17.5. The molecule has 3 rings (SSSR count). The van der Waals surface area contributed by atoms with Crippen LogP contribution >= 0.6 is 23.4 Å². The number of piperazine rings is 1. The summed E-state index contributed by atoms with van der Waals surface area (Å²) in [4.78, 5) is 29.0. The monoisotopic (exact) mass is 446 g/mol. The van der Waals surface area contributed by atoms with Crippen LogP contribution in [0.25, 0.3) is 11.3 Å². The number of amides is 2. The van der Waals surface area contributed by atoms with Crippen molar-refractivity contribution in [1.82, 2.24) is 20.0 Å². The Morgan fingerprint density at radius 3 is 2.47 bits per heavy atom. The summed E-state index contributed by atoms with van der Waals surface area (Å²) in [6, 6.07) is 13.6. The van der Waals surface area contributed by atoms with Gasteiger partial charge in [-0.1, -0.05) is 42.1 Å². The number of rotatable bonds is 6. The van der Waals surface area contributed by atoms with E-state index in [0.29, 0.717) is 30.4 Å². The molecule has 0 radical (unpaired) electrons. The first kappa shape index (κ1) is 22.6. The summed E-state index contributed by atoms with van der Waals surface area (Å²) in [6.07, 6.45) is 0. The van der Waals surface area contributed by atoms with Crippen molar-refractivity contribution in [2.75, 3.05) is 31.3 Å². The van der Waals surface area contributed by atoms with Gasteiger partial charge in [-0.3, -0.25) is 9.59 Å². The molecule has 0 saturated carbocycles. The zero-order valence-corrected chi connectivity index (χ0v) is 19.1. The van der Waals surface area contributed by atoms with Crippen molar-refractivity contribution in [3.63, 3.8) is 0 Å². The van der Waals surface area contributed by atoms with E-state index in [1.165, 1.54) is 11.8 Å². The van der Waals surface area contributed by atoms with E-state index in [9.17, 15) is 9.59 Å². The normalized spacial score (nSPS) is 17.1. The van der Waals surface area contributed by atoms with E-state index in [0.717, 1.165) is 11.3 Å². The SMILES string of the molecule is CC1CN(C(=O)CSc2ccc(-c3ccccc3)nn2)CCN1C(=O)C(C)(C)CCl. The minimum Gasteiger partial charge on any atom is -0.338 e. The maximum atomic E-state index is 12.7. The van der Waals surface area contributed by atoms with Crippen molar-refractivity contribution in [1.29, 1.82) is 0 Å². The molecular weight excluding hydrogens is 420 g/mol. The predicted octanol–water partition coefficient (Wildman–Crippen LogP) is 3.56. The molecule has 1 fully saturated rings. The lowest BCUT2D eigenvalue weighted by Gasteiger charge is -2.42. The number of nitrogens with zero attached hydrogens (tertiary/aromatic N) is 4. The van der Waals surface area contributed by atoms with Crippen LogP contribution < -0.4 is 0 Å². The number of carbonyl (C=O) groups is 2. The van der Waals surface area contributed by atoms with Gasteiger partial charge in [0.15, 0.2) is 0 Å². The Morgan fingerprint density at radius 2 is 1.87 bits per heavy atom. The highest BCUT2D eigenvalue weighted by Gasteiger charge is 2.36. The molecule has 1 aliphatic heterocycles. The number of halogens is 1. The largest absolute Gasteiger partial charge is 0.338 e. The predicted molar refractivity (Wildman–Crippen MR) is 120 cm³/mol. The molecule has 0 N–H and O–H groups in total. The van der Waals surface area contributed by atoms with E-state index in [1.807, 2.05) is 73.0 Å². The molecular formula is C22H27ClN4O2S. The summed E-state index contributed by atoms with van der Waals surface area (Å²) in [5.74, 6) is 0.663. The van der Waals surface area contributed by atoms with Gasteiger partial charge in [0, 0.05) is 37.1 Å². The molecule has 160 valence electrons. The van der Waals surface area contributed by atoms with Crippen molar-refractivity contribution < 1.29 is 9.59 Å². The van der Waals surface area contributed by atoms with E-state index < -0.39 is 5.41 Å². The smallest absolute Gasteiger partial charge is 0.233 e. The summed E-state index contributed by atoms with van der Waals surface area (Å²) in [6.45, 7) is 7.28. The van der Waals surface area contributed by atoms with E-state index in [4.69, 9.17) is 11.6 Å². The average molecular weight is 447 g/mol. The molecule has 1 aliphatic rings. The van der Waals surface area contributed by atoms with Crippen LogP contribution in [0.2, 0.25) is 0 Å². The number of hydrogen-bond acceptors (Lipinski definition) is 5. The second-order valence-corrected chi connectivity index (χ2v) is 9.38. The van der Waals surface area contributed by atoms with Gasteiger partial charge >= 0.3 is 0 Å². The van der Waals surface area contributed by atoms with E-state index >= 15 is 0 Å². The summed E-state index contributed by atoms with van der Waals surface area (Å²) in [7, 11) is 0. The number of thioether (sulfide) groups is 1. The third-order valence-corrected chi connectivity index (χ3v) is 6.78. The van der Waals surface area contributed by atoms with Gasteiger partial charge in [0.1, 0.15) is 5.03 Å². The molecule has 6 nitrogen and oxygen atoms in total. The Morgan fingerprint density at radius 1 is 1.13 bits per heavy atom. The molecule has 2 aromatic rings. The van der Waals surface area contributed by atoms with Crippen molar-refractivity contribution in [3.05, 3.63) is 42.5 Å². The third kappa shape index (κ3) is 5.32. The van der Waals surface area contributed by atoms with Crippen LogP contribution in [-0.4, -0.2) is 69.1 Å². The second kappa shape index (κ2) is 9.79. The third-order valence-electron chi connectivity index (χ3n) is 5.21. The lowest BCUT2D eigenvalue weighted by molar-refractivity contribution is -0.147. The van der Waals surface area contributed by atoms with Crippen molar-refractivity contribution >= 4 is 35.2 Å². The molecule has 1 aromatic carbocycles. The van der Waals surface area contributed by atoms with Crippen LogP contribution in [0.4, 0.5) is 0 Å². The van der Waals surface area contributed by atoms with Crippen molar-refractivity contribution in [3.8, 4) is 11.3 Å². The fourth-order valence-electron chi connectivity index (χ4n) is 3.32. The lowest BCUT2D eigenvalue weighted by Crippen LogP contribution is -2.58. The van der Waals surface area contributed by atoms with E-state index in [2.05, 4.69) is 10.2 Å². The maximum absolute atomic E-state index is 12.7. The summed E-state index contributed by atoms with van der Waals surface area (Å²) in [5, 5.41) is 9.21. The first-order valence-electron chi connectivity index (χ1n) is 9.98. The molecule has 2 amide bonds. The highest BCUT2D eigenvalue weighted by Crippen LogP contribution is 2.25. The molecule has 1 unspecified atom stereocenters. The van der Waals surface area contributed by atoms with Crippen LogP contribution in [0, 0.1) is 5.41 Å². The second-order valence-electron chi connectivity index (χ2n) is 8.12. The first-order chi connectivity index (χ1) is 14.3.